The van der Waals surface area contributed by atoms with E-state index in [1.54, 1.807) is 30.5 Å². The van der Waals surface area contributed by atoms with E-state index < -0.39 is 5.91 Å². The fraction of sp³-hybridized carbons (Fsp3) is 0.217. The third-order valence-corrected chi connectivity index (χ3v) is 5.87. The largest absolute Gasteiger partial charge is 0.368 e. The van der Waals surface area contributed by atoms with E-state index in [1.807, 2.05) is 22.9 Å². The number of amides is 3. The summed E-state index contributed by atoms with van der Waals surface area (Å²) in [6.07, 6.45) is 3.62. The minimum absolute atomic E-state index is 0.117. The lowest BCUT2D eigenvalue weighted by Gasteiger charge is -2.12. The number of aryl methyl sites for hydroxylation is 1. The molecule has 0 saturated carbocycles. The summed E-state index contributed by atoms with van der Waals surface area (Å²) >= 11 is 1.37. The lowest BCUT2D eigenvalue weighted by Crippen LogP contribution is -2.33. The van der Waals surface area contributed by atoms with Gasteiger partial charge in [0.05, 0.1) is 18.0 Å². The molecule has 0 fully saturated rings. The van der Waals surface area contributed by atoms with Crippen molar-refractivity contribution in [3.63, 3.8) is 0 Å². The van der Waals surface area contributed by atoms with Gasteiger partial charge in [-0.2, -0.15) is 0 Å². The Kier molecular flexibility index (Phi) is 7.67. The van der Waals surface area contributed by atoms with E-state index in [2.05, 4.69) is 35.5 Å². The molecule has 0 saturated heterocycles. The van der Waals surface area contributed by atoms with Gasteiger partial charge in [-0.25, -0.2) is 4.98 Å². The van der Waals surface area contributed by atoms with Gasteiger partial charge in [0, 0.05) is 24.5 Å². The second kappa shape index (κ2) is 10.6. The van der Waals surface area contributed by atoms with Crippen molar-refractivity contribution in [2.75, 3.05) is 12.3 Å². The molecule has 3 rings (SSSR count). The lowest BCUT2D eigenvalue weighted by molar-refractivity contribution is -0.119. The molecule has 1 heterocycles. The van der Waals surface area contributed by atoms with E-state index in [9.17, 15) is 14.4 Å². The highest BCUT2D eigenvalue weighted by Gasteiger charge is 2.12. The SMILES string of the molecule is Cc1cccc(-n2ccnc2SCC(=O)NCc2ccc(C(=O)NCC(N)=O)cc2)c1C. The van der Waals surface area contributed by atoms with E-state index in [1.165, 1.54) is 22.9 Å². The Bertz CT molecular complexity index is 1120. The fourth-order valence-corrected chi connectivity index (χ4v) is 3.80. The van der Waals surface area contributed by atoms with Crippen LogP contribution in [0, 0.1) is 13.8 Å². The maximum absolute atomic E-state index is 12.3. The van der Waals surface area contributed by atoms with E-state index in [4.69, 9.17) is 5.73 Å². The summed E-state index contributed by atoms with van der Waals surface area (Å²) in [6.45, 7) is 4.26. The third-order valence-electron chi connectivity index (χ3n) is 4.90. The van der Waals surface area contributed by atoms with Crippen molar-refractivity contribution >= 4 is 29.5 Å². The van der Waals surface area contributed by atoms with Crippen LogP contribution in [-0.2, 0) is 16.1 Å². The van der Waals surface area contributed by atoms with Crippen LogP contribution < -0.4 is 16.4 Å². The molecule has 0 aliphatic carbocycles. The van der Waals surface area contributed by atoms with Crippen LogP contribution in [0.5, 0.6) is 0 Å². The summed E-state index contributed by atoms with van der Waals surface area (Å²) in [5, 5.41) is 6.05. The van der Waals surface area contributed by atoms with Crippen LogP contribution in [-0.4, -0.2) is 39.6 Å². The zero-order valence-corrected chi connectivity index (χ0v) is 18.7. The van der Waals surface area contributed by atoms with Gasteiger partial charge >= 0.3 is 0 Å². The number of hydrogen-bond donors (Lipinski definition) is 3. The maximum atomic E-state index is 12.3. The van der Waals surface area contributed by atoms with Gasteiger partial charge in [-0.1, -0.05) is 36.0 Å². The Labute approximate surface area is 190 Å². The van der Waals surface area contributed by atoms with Crippen molar-refractivity contribution in [2.45, 2.75) is 25.5 Å². The first kappa shape index (κ1) is 23.1. The summed E-state index contributed by atoms with van der Waals surface area (Å²) in [4.78, 5) is 39.4. The molecule has 0 atom stereocenters. The Hall–Kier alpha value is -3.59. The van der Waals surface area contributed by atoms with Gasteiger partial charge in [-0.15, -0.1) is 0 Å². The molecule has 4 N–H and O–H groups in total. The Morgan fingerprint density at radius 2 is 1.81 bits per heavy atom. The zero-order valence-electron chi connectivity index (χ0n) is 17.9. The first-order valence-corrected chi connectivity index (χ1v) is 11.0. The minimum Gasteiger partial charge on any atom is -0.368 e. The number of nitrogens with one attached hydrogen (secondary N) is 2. The summed E-state index contributed by atoms with van der Waals surface area (Å²) in [7, 11) is 0. The maximum Gasteiger partial charge on any atom is 0.251 e. The number of aromatic nitrogens is 2. The summed E-state index contributed by atoms with van der Waals surface area (Å²) < 4.78 is 1.99. The molecule has 3 amide bonds. The molecule has 0 spiro atoms. The topological polar surface area (TPSA) is 119 Å². The van der Waals surface area contributed by atoms with Gasteiger partial charge in [0.25, 0.3) is 5.91 Å². The monoisotopic (exact) mass is 451 g/mol. The van der Waals surface area contributed by atoms with Crippen molar-refractivity contribution in [1.29, 1.82) is 0 Å². The molecule has 0 unspecified atom stereocenters. The predicted molar refractivity (Wildman–Crippen MR) is 124 cm³/mol. The zero-order chi connectivity index (χ0) is 23.1. The average molecular weight is 452 g/mol. The van der Waals surface area contributed by atoms with Crippen LogP contribution in [0.3, 0.4) is 0 Å². The molecule has 0 bridgehead atoms. The van der Waals surface area contributed by atoms with Crippen LogP contribution in [0.15, 0.2) is 60.0 Å². The van der Waals surface area contributed by atoms with Crippen LogP contribution in [0.25, 0.3) is 5.69 Å². The second-order valence-corrected chi connectivity index (χ2v) is 8.15. The van der Waals surface area contributed by atoms with E-state index >= 15 is 0 Å². The highest BCUT2D eigenvalue weighted by atomic mass is 32.2. The van der Waals surface area contributed by atoms with Crippen LogP contribution >= 0.6 is 11.8 Å². The normalized spacial score (nSPS) is 10.6. The van der Waals surface area contributed by atoms with Gasteiger partial charge < -0.3 is 16.4 Å². The first-order valence-electron chi connectivity index (χ1n) is 10.00. The number of benzene rings is 2. The number of hydrogen-bond acceptors (Lipinski definition) is 5. The molecule has 0 radical (unpaired) electrons. The number of primary amides is 1. The molecular formula is C23H25N5O3S. The number of thioether (sulfide) groups is 1. The predicted octanol–water partition coefficient (Wildman–Crippen LogP) is 2.11. The van der Waals surface area contributed by atoms with Crippen molar-refractivity contribution in [1.82, 2.24) is 20.2 Å². The molecule has 1 aromatic heterocycles. The summed E-state index contributed by atoms with van der Waals surface area (Å²) in [5.74, 6) is -0.869. The fourth-order valence-electron chi connectivity index (χ4n) is 3.00. The van der Waals surface area contributed by atoms with Crippen molar-refractivity contribution in [2.24, 2.45) is 5.73 Å². The highest BCUT2D eigenvalue weighted by Crippen LogP contribution is 2.24. The highest BCUT2D eigenvalue weighted by molar-refractivity contribution is 7.99. The van der Waals surface area contributed by atoms with E-state index in [0.717, 1.165) is 16.4 Å². The van der Waals surface area contributed by atoms with Crippen LogP contribution in [0.2, 0.25) is 0 Å². The molecule has 166 valence electrons. The molecular weight excluding hydrogens is 426 g/mol. The molecule has 0 aliphatic rings. The standard InChI is InChI=1S/C23H25N5O3S/c1-15-4-3-5-19(16(15)2)28-11-10-25-23(28)32-14-21(30)26-12-17-6-8-18(9-7-17)22(31)27-13-20(24)29/h3-11H,12-14H2,1-2H3,(H2,24,29)(H,26,30)(H,27,31). The average Bonchev–Trinajstić information content (AvgIpc) is 3.25. The molecule has 3 aromatic rings. The molecule has 0 aliphatic heterocycles. The third kappa shape index (κ3) is 5.98. The molecule has 9 heteroatoms. The smallest absolute Gasteiger partial charge is 0.251 e. The van der Waals surface area contributed by atoms with Gasteiger partial charge in [-0.3, -0.25) is 19.0 Å². The second-order valence-electron chi connectivity index (χ2n) is 7.21. The van der Waals surface area contributed by atoms with Crippen LogP contribution in [0.4, 0.5) is 0 Å². The molecule has 2 aromatic carbocycles. The van der Waals surface area contributed by atoms with Gasteiger partial charge in [0.2, 0.25) is 11.8 Å². The van der Waals surface area contributed by atoms with Gasteiger partial charge in [0.15, 0.2) is 5.16 Å². The van der Waals surface area contributed by atoms with E-state index in [-0.39, 0.29) is 24.1 Å². The number of nitrogens with two attached hydrogens (primary N) is 1. The Balaban J connectivity index is 1.51. The summed E-state index contributed by atoms with van der Waals surface area (Å²) in [5.41, 5.74) is 9.69. The number of nitrogens with zero attached hydrogens (tertiary/aromatic N) is 2. The molecule has 8 nitrogen and oxygen atoms in total. The Morgan fingerprint density at radius 3 is 2.53 bits per heavy atom. The van der Waals surface area contributed by atoms with E-state index in [0.29, 0.717) is 12.1 Å². The van der Waals surface area contributed by atoms with Gasteiger partial charge in [-0.05, 0) is 48.7 Å². The Morgan fingerprint density at radius 1 is 1.06 bits per heavy atom. The van der Waals surface area contributed by atoms with Crippen molar-refractivity contribution in [3.05, 3.63) is 77.1 Å². The lowest BCUT2D eigenvalue weighted by atomic mass is 10.1. The number of imidazole rings is 1. The van der Waals surface area contributed by atoms with Gasteiger partial charge in [0.1, 0.15) is 0 Å². The summed E-state index contributed by atoms with van der Waals surface area (Å²) in [6, 6.07) is 12.9. The van der Waals surface area contributed by atoms with Crippen molar-refractivity contribution < 1.29 is 14.4 Å². The number of carbonyl (C=O) groups is 3. The minimum atomic E-state index is -0.605. The first-order chi connectivity index (χ1) is 15.3. The van der Waals surface area contributed by atoms with Crippen molar-refractivity contribution in [3.8, 4) is 5.69 Å². The quantitative estimate of drug-likeness (QED) is 0.431. The number of carbonyl (C=O) groups excluding carboxylic acids is 3. The van der Waals surface area contributed by atoms with Crippen LogP contribution in [0.1, 0.15) is 27.0 Å². The number of rotatable bonds is 9. The molecule has 32 heavy (non-hydrogen) atoms.